The fourth-order valence-corrected chi connectivity index (χ4v) is 2.18. The predicted octanol–water partition coefficient (Wildman–Crippen LogP) is 2.07. The Bertz CT molecular complexity index is 177. The number of hydrogen-bond donors (Lipinski definition) is 0. The number of aliphatic imine (C=N–C) groups is 1. The van der Waals surface area contributed by atoms with Gasteiger partial charge in [0, 0.05) is 13.1 Å². The van der Waals surface area contributed by atoms with E-state index in [-0.39, 0.29) is 0 Å². The third-order valence-corrected chi connectivity index (χ3v) is 2.58. The standard InChI is InChI=1S/C9H18N2S/c1-7(2)5-11-6-8(3)10-9(11)12-4/h7-8H,5-6H2,1-4H3/t8-/m1/s1. The molecule has 0 saturated carbocycles. The third-order valence-electron chi connectivity index (χ3n) is 1.85. The van der Waals surface area contributed by atoms with Crippen molar-refractivity contribution in [2.24, 2.45) is 10.9 Å². The SMILES string of the molecule is CSC1=N[C@H](C)CN1CC(C)C. The van der Waals surface area contributed by atoms with Gasteiger partial charge in [-0.05, 0) is 19.1 Å². The molecular formula is C9H18N2S. The minimum Gasteiger partial charge on any atom is -0.349 e. The summed E-state index contributed by atoms with van der Waals surface area (Å²) in [6.45, 7) is 8.93. The van der Waals surface area contributed by atoms with Crippen molar-refractivity contribution >= 4 is 16.9 Å². The van der Waals surface area contributed by atoms with E-state index in [0.29, 0.717) is 6.04 Å². The van der Waals surface area contributed by atoms with Crippen molar-refractivity contribution in [3.63, 3.8) is 0 Å². The molecule has 2 nitrogen and oxygen atoms in total. The van der Waals surface area contributed by atoms with Gasteiger partial charge in [0.15, 0.2) is 5.17 Å². The molecule has 0 N–H and O–H groups in total. The van der Waals surface area contributed by atoms with E-state index in [1.54, 1.807) is 11.8 Å². The predicted molar refractivity (Wildman–Crippen MR) is 56.8 cm³/mol. The first kappa shape index (κ1) is 9.90. The van der Waals surface area contributed by atoms with Gasteiger partial charge < -0.3 is 4.90 Å². The summed E-state index contributed by atoms with van der Waals surface area (Å²) in [6.07, 6.45) is 2.10. The highest BCUT2D eigenvalue weighted by Crippen LogP contribution is 2.17. The highest BCUT2D eigenvalue weighted by molar-refractivity contribution is 8.13. The van der Waals surface area contributed by atoms with Gasteiger partial charge in [0.1, 0.15) is 0 Å². The van der Waals surface area contributed by atoms with Crippen LogP contribution in [0.3, 0.4) is 0 Å². The van der Waals surface area contributed by atoms with Crippen molar-refractivity contribution in [2.45, 2.75) is 26.8 Å². The Morgan fingerprint density at radius 1 is 1.67 bits per heavy atom. The first-order valence-corrected chi connectivity index (χ1v) is 5.72. The average Bonchev–Trinajstić information content (AvgIpc) is 2.29. The van der Waals surface area contributed by atoms with Crippen LogP contribution in [-0.2, 0) is 0 Å². The average molecular weight is 186 g/mol. The van der Waals surface area contributed by atoms with Crippen LogP contribution < -0.4 is 0 Å². The minimum atomic E-state index is 0.492. The first-order chi connectivity index (χ1) is 5.63. The van der Waals surface area contributed by atoms with Crippen molar-refractivity contribution < 1.29 is 0 Å². The lowest BCUT2D eigenvalue weighted by Crippen LogP contribution is -2.30. The van der Waals surface area contributed by atoms with Gasteiger partial charge in [-0.25, -0.2) is 0 Å². The zero-order valence-electron chi connectivity index (χ0n) is 8.37. The van der Waals surface area contributed by atoms with Gasteiger partial charge in [0.25, 0.3) is 0 Å². The van der Waals surface area contributed by atoms with Crippen LogP contribution in [0.25, 0.3) is 0 Å². The Morgan fingerprint density at radius 3 is 2.83 bits per heavy atom. The van der Waals surface area contributed by atoms with Gasteiger partial charge in [-0.1, -0.05) is 25.6 Å². The molecule has 1 atom stereocenters. The van der Waals surface area contributed by atoms with Crippen LogP contribution >= 0.6 is 11.8 Å². The second-order valence-electron chi connectivity index (χ2n) is 3.76. The lowest BCUT2D eigenvalue weighted by molar-refractivity contribution is 0.381. The maximum Gasteiger partial charge on any atom is 0.159 e. The van der Waals surface area contributed by atoms with Crippen LogP contribution in [0.15, 0.2) is 4.99 Å². The molecule has 3 heteroatoms. The van der Waals surface area contributed by atoms with Gasteiger partial charge >= 0.3 is 0 Å². The Labute approximate surface area is 79.4 Å². The highest BCUT2D eigenvalue weighted by Gasteiger charge is 2.21. The quantitative estimate of drug-likeness (QED) is 0.656. The largest absolute Gasteiger partial charge is 0.349 e. The molecule has 0 unspecified atom stereocenters. The smallest absolute Gasteiger partial charge is 0.159 e. The molecule has 0 spiro atoms. The summed E-state index contributed by atoms with van der Waals surface area (Å²) in [5, 5.41) is 1.22. The molecule has 0 aromatic rings. The first-order valence-electron chi connectivity index (χ1n) is 4.50. The molecule has 1 aliphatic rings. The lowest BCUT2D eigenvalue weighted by Gasteiger charge is -2.21. The van der Waals surface area contributed by atoms with E-state index < -0.39 is 0 Å². The molecule has 1 aliphatic heterocycles. The number of rotatable bonds is 2. The van der Waals surface area contributed by atoms with Gasteiger partial charge in [-0.3, -0.25) is 4.99 Å². The van der Waals surface area contributed by atoms with Gasteiger partial charge in [0.05, 0.1) is 6.04 Å². The monoisotopic (exact) mass is 186 g/mol. The molecule has 0 aromatic carbocycles. The van der Waals surface area contributed by atoms with Crippen LogP contribution in [0.2, 0.25) is 0 Å². The van der Waals surface area contributed by atoms with E-state index in [1.165, 1.54) is 5.17 Å². The van der Waals surface area contributed by atoms with Gasteiger partial charge in [-0.15, -0.1) is 0 Å². The number of thioether (sulfide) groups is 1. The normalized spacial score (nSPS) is 23.6. The lowest BCUT2D eigenvalue weighted by atomic mass is 10.2. The minimum absolute atomic E-state index is 0.492. The van der Waals surface area contributed by atoms with Gasteiger partial charge in [0.2, 0.25) is 0 Å². The molecule has 1 heterocycles. The van der Waals surface area contributed by atoms with E-state index in [9.17, 15) is 0 Å². The summed E-state index contributed by atoms with van der Waals surface area (Å²) in [5.74, 6) is 0.729. The summed E-state index contributed by atoms with van der Waals surface area (Å²) in [7, 11) is 0. The van der Waals surface area contributed by atoms with Crippen LogP contribution in [0, 0.1) is 5.92 Å². The highest BCUT2D eigenvalue weighted by atomic mass is 32.2. The van der Waals surface area contributed by atoms with Crippen LogP contribution in [0.1, 0.15) is 20.8 Å². The molecule has 0 fully saturated rings. The topological polar surface area (TPSA) is 15.6 Å². The summed E-state index contributed by atoms with van der Waals surface area (Å²) in [4.78, 5) is 6.94. The molecule has 1 rings (SSSR count). The Kier molecular flexibility index (Phi) is 3.44. The van der Waals surface area contributed by atoms with Crippen molar-refractivity contribution in [1.82, 2.24) is 4.90 Å². The zero-order valence-corrected chi connectivity index (χ0v) is 9.19. The second-order valence-corrected chi connectivity index (χ2v) is 4.54. The number of nitrogens with zero attached hydrogens (tertiary/aromatic N) is 2. The van der Waals surface area contributed by atoms with Crippen LogP contribution in [-0.4, -0.2) is 35.5 Å². The molecule has 0 aliphatic carbocycles. The van der Waals surface area contributed by atoms with Crippen molar-refractivity contribution in [3.05, 3.63) is 0 Å². The Balaban J connectivity index is 2.50. The third kappa shape index (κ3) is 2.41. The zero-order chi connectivity index (χ0) is 9.14. The van der Waals surface area contributed by atoms with E-state index in [2.05, 4.69) is 36.9 Å². The second kappa shape index (κ2) is 4.17. The summed E-state index contributed by atoms with van der Waals surface area (Å²) >= 11 is 1.76. The molecule has 0 bridgehead atoms. The molecule has 12 heavy (non-hydrogen) atoms. The molecule has 0 amide bonds. The fraction of sp³-hybridized carbons (Fsp3) is 0.889. The fourth-order valence-electron chi connectivity index (χ4n) is 1.48. The maximum absolute atomic E-state index is 4.55. The molecule has 70 valence electrons. The summed E-state index contributed by atoms with van der Waals surface area (Å²) < 4.78 is 0. The molecule has 0 aromatic heterocycles. The van der Waals surface area contributed by atoms with Crippen molar-refractivity contribution in [1.29, 1.82) is 0 Å². The number of hydrogen-bond acceptors (Lipinski definition) is 3. The van der Waals surface area contributed by atoms with E-state index in [1.807, 2.05) is 0 Å². The van der Waals surface area contributed by atoms with Crippen LogP contribution in [0.4, 0.5) is 0 Å². The summed E-state index contributed by atoms with van der Waals surface area (Å²) in [5.41, 5.74) is 0. The van der Waals surface area contributed by atoms with E-state index in [4.69, 9.17) is 0 Å². The van der Waals surface area contributed by atoms with Crippen LogP contribution in [0.5, 0.6) is 0 Å². The van der Waals surface area contributed by atoms with Crippen molar-refractivity contribution in [3.8, 4) is 0 Å². The molecular weight excluding hydrogens is 168 g/mol. The maximum atomic E-state index is 4.55. The summed E-state index contributed by atoms with van der Waals surface area (Å²) in [6, 6.07) is 0.492. The number of amidine groups is 1. The van der Waals surface area contributed by atoms with Crippen molar-refractivity contribution in [2.75, 3.05) is 19.3 Å². The Hall–Kier alpha value is -0.180. The molecule has 0 radical (unpaired) electrons. The molecule has 0 saturated heterocycles. The Morgan fingerprint density at radius 2 is 2.33 bits per heavy atom. The van der Waals surface area contributed by atoms with Gasteiger partial charge in [-0.2, -0.15) is 0 Å². The van der Waals surface area contributed by atoms with E-state index >= 15 is 0 Å². The van der Waals surface area contributed by atoms with E-state index in [0.717, 1.165) is 19.0 Å².